The minimum Gasteiger partial charge on any atom is -0.374 e. The van der Waals surface area contributed by atoms with E-state index in [1.807, 2.05) is 0 Å². The predicted molar refractivity (Wildman–Crippen MR) is 71.3 cm³/mol. The molecule has 0 bridgehead atoms. The van der Waals surface area contributed by atoms with E-state index < -0.39 is 0 Å². The number of nitrogens with zero attached hydrogens (tertiary/aromatic N) is 2. The maximum absolute atomic E-state index is 5.90. The third-order valence-corrected chi connectivity index (χ3v) is 3.22. The van der Waals surface area contributed by atoms with E-state index in [-0.39, 0.29) is 11.6 Å². The van der Waals surface area contributed by atoms with Crippen molar-refractivity contribution in [3.8, 4) is 0 Å². The highest BCUT2D eigenvalue weighted by Gasteiger charge is 2.13. The van der Waals surface area contributed by atoms with E-state index in [1.54, 1.807) is 6.20 Å². The van der Waals surface area contributed by atoms with Crippen LogP contribution < -0.4 is 0 Å². The minimum atomic E-state index is -0.0835. The first-order valence-electron chi connectivity index (χ1n) is 6.23. The molecule has 0 amide bonds. The smallest absolute Gasteiger partial charge is 0.223 e. The molecular weight excluding hydrogens is 291 g/mol. The lowest BCUT2D eigenvalue weighted by Gasteiger charge is -2.22. The van der Waals surface area contributed by atoms with Crippen molar-refractivity contribution in [1.29, 1.82) is 0 Å². The summed E-state index contributed by atoms with van der Waals surface area (Å²) in [6.07, 6.45) is 4.70. The lowest BCUT2D eigenvalue weighted by atomic mass is 10.2. The van der Waals surface area contributed by atoms with E-state index in [2.05, 4.69) is 9.97 Å². The molecule has 1 fully saturated rings. The molecule has 1 atom stereocenters. The molecule has 0 N–H and O–H groups in total. The first kappa shape index (κ1) is 14.9. The quantitative estimate of drug-likeness (QED) is 0.459. The number of ether oxygens (including phenoxy) is 3. The second-order valence-electron chi connectivity index (χ2n) is 4.17. The van der Waals surface area contributed by atoms with Gasteiger partial charge in [-0.25, -0.2) is 9.97 Å². The SMILES string of the molecule is Clc1ncc(COCCOC2CCCCO2)c(Cl)n1. The molecule has 1 aliphatic rings. The van der Waals surface area contributed by atoms with Gasteiger partial charge in [0.1, 0.15) is 5.15 Å². The van der Waals surface area contributed by atoms with Gasteiger partial charge in [0.2, 0.25) is 5.28 Å². The Balaban J connectivity index is 1.61. The van der Waals surface area contributed by atoms with E-state index in [1.165, 1.54) is 0 Å². The van der Waals surface area contributed by atoms with Gasteiger partial charge in [0.15, 0.2) is 6.29 Å². The monoisotopic (exact) mass is 306 g/mol. The molecule has 1 aliphatic heterocycles. The van der Waals surface area contributed by atoms with Crippen LogP contribution in [0.5, 0.6) is 0 Å². The summed E-state index contributed by atoms with van der Waals surface area (Å²) in [6, 6.07) is 0. The molecule has 2 rings (SSSR count). The summed E-state index contributed by atoms with van der Waals surface area (Å²) < 4.78 is 16.4. The van der Waals surface area contributed by atoms with E-state index in [9.17, 15) is 0 Å². The van der Waals surface area contributed by atoms with Crippen LogP contribution in [0.25, 0.3) is 0 Å². The first-order valence-corrected chi connectivity index (χ1v) is 6.99. The molecule has 0 aliphatic carbocycles. The van der Waals surface area contributed by atoms with Gasteiger partial charge in [-0.1, -0.05) is 11.6 Å². The highest BCUT2D eigenvalue weighted by molar-refractivity contribution is 6.32. The molecule has 7 heteroatoms. The van der Waals surface area contributed by atoms with Crippen LogP contribution in [0, 0.1) is 0 Å². The largest absolute Gasteiger partial charge is 0.374 e. The molecule has 1 unspecified atom stereocenters. The Hall–Kier alpha value is -0.460. The zero-order valence-electron chi connectivity index (χ0n) is 10.5. The second kappa shape index (κ2) is 7.97. The Kier molecular flexibility index (Phi) is 6.26. The first-order chi connectivity index (χ1) is 9.25. The standard InChI is InChI=1S/C12H16Cl2N2O3/c13-11-9(7-15-12(14)16-11)8-17-5-6-19-10-3-1-2-4-18-10/h7,10H,1-6,8H2. The van der Waals surface area contributed by atoms with Gasteiger partial charge >= 0.3 is 0 Å². The van der Waals surface area contributed by atoms with Gasteiger partial charge in [0.05, 0.1) is 19.8 Å². The number of hydrogen-bond donors (Lipinski definition) is 0. The van der Waals surface area contributed by atoms with Crippen molar-refractivity contribution in [3.05, 3.63) is 22.2 Å². The van der Waals surface area contributed by atoms with Crippen molar-refractivity contribution in [1.82, 2.24) is 9.97 Å². The fourth-order valence-electron chi connectivity index (χ4n) is 1.73. The van der Waals surface area contributed by atoms with Gasteiger partial charge in [-0.05, 0) is 30.9 Å². The number of rotatable bonds is 6. The van der Waals surface area contributed by atoms with Gasteiger partial charge in [0.25, 0.3) is 0 Å². The molecule has 0 saturated carbocycles. The average molecular weight is 307 g/mol. The summed E-state index contributed by atoms with van der Waals surface area (Å²) >= 11 is 11.5. The molecule has 0 radical (unpaired) electrons. The molecule has 1 aromatic rings. The van der Waals surface area contributed by atoms with Crippen LogP contribution in [-0.2, 0) is 20.8 Å². The van der Waals surface area contributed by atoms with Crippen LogP contribution in [0.2, 0.25) is 10.4 Å². The second-order valence-corrected chi connectivity index (χ2v) is 4.87. The van der Waals surface area contributed by atoms with Crippen molar-refractivity contribution < 1.29 is 14.2 Å². The van der Waals surface area contributed by atoms with E-state index in [0.717, 1.165) is 25.9 Å². The van der Waals surface area contributed by atoms with Crippen LogP contribution in [0.4, 0.5) is 0 Å². The molecule has 19 heavy (non-hydrogen) atoms. The fourth-order valence-corrected chi connectivity index (χ4v) is 2.09. The minimum absolute atomic E-state index is 0.0835. The third kappa shape index (κ3) is 5.20. The van der Waals surface area contributed by atoms with Crippen LogP contribution >= 0.6 is 23.2 Å². The summed E-state index contributed by atoms with van der Waals surface area (Å²) in [5.74, 6) is 0. The molecule has 0 aromatic carbocycles. The lowest BCUT2D eigenvalue weighted by molar-refractivity contribution is -0.169. The number of halogens is 2. The summed E-state index contributed by atoms with van der Waals surface area (Å²) in [5.41, 5.74) is 0.708. The van der Waals surface area contributed by atoms with Crippen molar-refractivity contribution >= 4 is 23.2 Å². The fraction of sp³-hybridized carbons (Fsp3) is 0.667. The highest BCUT2D eigenvalue weighted by atomic mass is 35.5. The number of hydrogen-bond acceptors (Lipinski definition) is 5. The Labute approximate surface area is 122 Å². The Morgan fingerprint density at radius 3 is 2.95 bits per heavy atom. The molecule has 106 valence electrons. The summed E-state index contributed by atoms with van der Waals surface area (Å²) in [5, 5.41) is 0.447. The Morgan fingerprint density at radius 2 is 2.21 bits per heavy atom. The normalized spacial score (nSPS) is 19.6. The van der Waals surface area contributed by atoms with Crippen LogP contribution in [-0.4, -0.2) is 36.1 Å². The average Bonchev–Trinajstić information content (AvgIpc) is 2.42. The van der Waals surface area contributed by atoms with E-state index in [4.69, 9.17) is 37.4 Å². The van der Waals surface area contributed by atoms with Crippen molar-refractivity contribution in [2.24, 2.45) is 0 Å². The van der Waals surface area contributed by atoms with Crippen molar-refractivity contribution in [2.75, 3.05) is 19.8 Å². The highest BCUT2D eigenvalue weighted by Crippen LogP contribution is 2.15. The maximum Gasteiger partial charge on any atom is 0.223 e. The van der Waals surface area contributed by atoms with Gasteiger partial charge in [-0.15, -0.1) is 0 Å². The summed E-state index contributed by atoms with van der Waals surface area (Å²) in [7, 11) is 0. The number of aromatic nitrogens is 2. The van der Waals surface area contributed by atoms with E-state index >= 15 is 0 Å². The van der Waals surface area contributed by atoms with Crippen LogP contribution in [0.3, 0.4) is 0 Å². The van der Waals surface area contributed by atoms with Gasteiger partial charge in [-0.2, -0.15) is 0 Å². The zero-order valence-corrected chi connectivity index (χ0v) is 12.0. The Bertz CT molecular complexity index is 401. The van der Waals surface area contributed by atoms with Gasteiger partial charge < -0.3 is 14.2 Å². The van der Waals surface area contributed by atoms with Gasteiger partial charge in [-0.3, -0.25) is 0 Å². The molecule has 0 spiro atoms. The van der Waals surface area contributed by atoms with Gasteiger partial charge in [0, 0.05) is 18.4 Å². The summed E-state index contributed by atoms with van der Waals surface area (Å²) in [4.78, 5) is 7.69. The van der Waals surface area contributed by atoms with Crippen LogP contribution in [0.15, 0.2) is 6.20 Å². The lowest BCUT2D eigenvalue weighted by Crippen LogP contribution is -2.23. The molecule has 5 nitrogen and oxygen atoms in total. The van der Waals surface area contributed by atoms with Crippen molar-refractivity contribution in [3.63, 3.8) is 0 Å². The summed E-state index contributed by atoms with van der Waals surface area (Å²) in [6.45, 7) is 2.09. The molecule has 1 aromatic heterocycles. The Morgan fingerprint density at radius 1 is 1.32 bits per heavy atom. The van der Waals surface area contributed by atoms with E-state index in [0.29, 0.717) is 30.5 Å². The van der Waals surface area contributed by atoms with Crippen molar-refractivity contribution in [2.45, 2.75) is 32.2 Å². The topological polar surface area (TPSA) is 53.5 Å². The molecule has 1 saturated heterocycles. The predicted octanol–water partition coefficient (Wildman–Crippen LogP) is 2.84. The third-order valence-electron chi connectivity index (χ3n) is 2.71. The molecular formula is C12H16Cl2N2O3. The maximum atomic E-state index is 5.90. The molecule has 2 heterocycles. The van der Waals surface area contributed by atoms with Crippen LogP contribution in [0.1, 0.15) is 24.8 Å². The zero-order chi connectivity index (χ0) is 13.5.